The molecule has 94 valence electrons. The molecule has 1 amide bonds. The van der Waals surface area contributed by atoms with Gasteiger partial charge in [-0.15, -0.1) is 0 Å². The Labute approximate surface area is 104 Å². The highest BCUT2D eigenvalue weighted by Gasteiger charge is 2.19. The number of aromatic nitrogens is 2. The number of morpholine rings is 1. The van der Waals surface area contributed by atoms with E-state index in [0.717, 1.165) is 10.9 Å². The van der Waals surface area contributed by atoms with E-state index in [-0.39, 0.29) is 5.91 Å². The van der Waals surface area contributed by atoms with Gasteiger partial charge in [-0.3, -0.25) is 9.89 Å². The molecule has 18 heavy (non-hydrogen) atoms. The van der Waals surface area contributed by atoms with Gasteiger partial charge in [0.05, 0.1) is 18.7 Å². The zero-order valence-corrected chi connectivity index (χ0v) is 9.85. The number of ether oxygens (including phenoxy) is 1. The molecule has 6 heteroatoms. The van der Waals surface area contributed by atoms with Gasteiger partial charge in [-0.05, 0) is 18.2 Å². The number of anilines is 1. The van der Waals surface area contributed by atoms with Crippen molar-refractivity contribution in [1.29, 1.82) is 0 Å². The summed E-state index contributed by atoms with van der Waals surface area (Å²) >= 11 is 0. The molecule has 1 fully saturated rings. The molecular weight excluding hydrogens is 232 g/mol. The maximum atomic E-state index is 12.3. The fraction of sp³-hybridized carbons (Fsp3) is 0.333. The van der Waals surface area contributed by atoms with Gasteiger partial charge in [0, 0.05) is 24.0 Å². The molecule has 0 bridgehead atoms. The summed E-state index contributed by atoms with van der Waals surface area (Å²) in [6, 6.07) is 5.40. The minimum atomic E-state index is 0.0146. The van der Waals surface area contributed by atoms with Crippen molar-refractivity contribution in [2.75, 3.05) is 32.0 Å². The standard InChI is InChI=1S/C12H14N4O2/c13-11-9-7-8(1-2-10(9)14-15-11)12(17)16-3-5-18-6-4-16/h1-2,7H,3-6H2,(H3,13,14,15). The molecule has 1 aliphatic rings. The molecule has 3 rings (SSSR count). The number of aromatic amines is 1. The number of fused-ring (bicyclic) bond motifs is 1. The number of rotatable bonds is 1. The molecule has 1 aliphatic heterocycles. The quantitative estimate of drug-likeness (QED) is 0.772. The topological polar surface area (TPSA) is 84.2 Å². The average molecular weight is 246 g/mol. The molecule has 0 aliphatic carbocycles. The molecule has 0 unspecified atom stereocenters. The predicted molar refractivity (Wildman–Crippen MR) is 67.2 cm³/mol. The van der Waals surface area contributed by atoms with Crippen LogP contribution in [0.25, 0.3) is 10.9 Å². The van der Waals surface area contributed by atoms with E-state index in [9.17, 15) is 4.79 Å². The van der Waals surface area contributed by atoms with Crippen LogP contribution in [-0.2, 0) is 4.74 Å². The van der Waals surface area contributed by atoms with Crippen LogP contribution in [0.3, 0.4) is 0 Å². The summed E-state index contributed by atoms with van der Waals surface area (Å²) in [5.74, 6) is 0.433. The number of benzene rings is 1. The number of nitrogens with two attached hydrogens (primary N) is 1. The third-order valence-electron chi connectivity index (χ3n) is 3.14. The predicted octanol–water partition coefficient (Wildman–Crippen LogP) is 0.617. The fourth-order valence-electron chi connectivity index (χ4n) is 2.12. The smallest absolute Gasteiger partial charge is 0.254 e. The SMILES string of the molecule is Nc1n[nH]c2ccc(C(=O)N3CCOCC3)cc12. The molecule has 1 aromatic heterocycles. The lowest BCUT2D eigenvalue weighted by molar-refractivity contribution is 0.0303. The first-order chi connectivity index (χ1) is 8.75. The first-order valence-corrected chi connectivity index (χ1v) is 5.86. The van der Waals surface area contributed by atoms with E-state index in [1.165, 1.54) is 0 Å². The first kappa shape index (κ1) is 11.0. The van der Waals surface area contributed by atoms with Gasteiger partial charge in [0.25, 0.3) is 5.91 Å². The van der Waals surface area contributed by atoms with Crippen molar-refractivity contribution in [1.82, 2.24) is 15.1 Å². The maximum absolute atomic E-state index is 12.3. The van der Waals surface area contributed by atoms with E-state index < -0.39 is 0 Å². The zero-order chi connectivity index (χ0) is 12.5. The Kier molecular flexibility index (Phi) is 2.64. The maximum Gasteiger partial charge on any atom is 0.254 e. The van der Waals surface area contributed by atoms with Gasteiger partial charge >= 0.3 is 0 Å². The Balaban J connectivity index is 1.93. The molecule has 0 saturated carbocycles. The number of hydrogen-bond donors (Lipinski definition) is 2. The third-order valence-corrected chi connectivity index (χ3v) is 3.14. The van der Waals surface area contributed by atoms with Gasteiger partial charge in [0.15, 0.2) is 5.82 Å². The highest BCUT2D eigenvalue weighted by Crippen LogP contribution is 2.20. The van der Waals surface area contributed by atoms with Gasteiger partial charge in [-0.2, -0.15) is 5.10 Å². The highest BCUT2D eigenvalue weighted by atomic mass is 16.5. The number of hydrogen-bond acceptors (Lipinski definition) is 4. The van der Waals surface area contributed by atoms with Gasteiger partial charge in [-0.25, -0.2) is 0 Å². The lowest BCUT2D eigenvalue weighted by Gasteiger charge is -2.26. The number of carbonyl (C=O) groups excluding carboxylic acids is 1. The van der Waals surface area contributed by atoms with Gasteiger partial charge in [-0.1, -0.05) is 0 Å². The van der Waals surface area contributed by atoms with Crippen molar-refractivity contribution in [3.05, 3.63) is 23.8 Å². The Morgan fingerprint density at radius 2 is 2.17 bits per heavy atom. The molecule has 6 nitrogen and oxygen atoms in total. The minimum absolute atomic E-state index is 0.0146. The summed E-state index contributed by atoms with van der Waals surface area (Å²) in [6.07, 6.45) is 0. The van der Waals surface area contributed by atoms with Gasteiger partial charge < -0.3 is 15.4 Å². The van der Waals surface area contributed by atoms with Crippen LogP contribution < -0.4 is 5.73 Å². The number of amides is 1. The first-order valence-electron chi connectivity index (χ1n) is 5.86. The van der Waals surface area contributed by atoms with Gasteiger partial charge in [0.1, 0.15) is 0 Å². The van der Waals surface area contributed by atoms with Crippen LogP contribution in [0.4, 0.5) is 5.82 Å². The molecule has 3 N–H and O–H groups in total. The number of H-pyrrole nitrogens is 1. The normalized spacial score (nSPS) is 16.1. The Bertz CT molecular complexity index is 587. The molecule has 1 aromatic carbocycles. The monoisotopic (exact) mass is 246 g/mol. The minimum Gasteiger partial charge on any atom is -0.382 e. The summed E-state index contributed by atoms with van der Waals surface area (Å²) in [5, 5.41) is 7.52. The van der Waals surface area contributed by atoms with Crippen LogP contribution >= 0.6 is 0 Å². The summed E-state index contributed by atoms with van der Waals surface area (Å²) in [7, 11) is 0. The van der Waals surface area contributed by atoms with Crippen molar-refractivity contribution in [3.8, 4) is 0 Å². The van der Waals surface area contributed by atoms with E-state index in [1.54, 1.807) is 17.0 Å². The average Bonchev–Trinajstić information content (AvgIpc) is 2.80. The van der Waals surface area contributed by atoms with Crippen molar-refractivity contribution < 1.29 is 9.53 Å². The molecule has 1 saturated heterocycles. The fourth-order valence-corrected chi connectivity index (χ4v) is 2.12. The van der Waals surface area contributed by atoms with Crippen molar-refractivity contribution in [2.45, 2.75) is 0 Å². The molecule has 0 atom stereocenters. The van der Waals surface area contributed by atoms with Crippen LogP contribution in [0.5, 0.6) is 0 Å². The molecule has 2 heterocycles. The third kappa shape index (κ3) is 1.80. The number of nitrogens with one attached hydrogen (secondary N) is 1. The van der Waals surface area contributed by atoms with E-state index >= 15 is 0 Å². The van der Waals surface area contributed by atoms with Crippen LogP contribution in [0, 0.1) is 0 Å². The van der Waals surface area contributed by atoms with Crippen LogP contribution in [0.2, 0.25) is 0 Å². The van der Waals surface area contributed by atoms with Crippen LogP contribution in [0.1, 0.15) is 10.4 Å². The molecule has 2 aromatic rings. The highest BCUT2D eigenvalue weighted by molar-refractivity contribution is 6.00. The van der Waals surface area contributed by atoms with Crippen molar-refractivity contribution in [3.63, 3.8) is 0 Å². The Morgan fingerprint density at radius 3 is 2.94 bits per heavy atom. The summed E-state index contributed by atoms with van der Waals surface area (Å²) in [5.41, 5.74) is 7.21. The summed E-state index contributed by atoms with van der Waals surface area (Å²) in [4.78, 5) is 14.1. The largest absolute Gasteiger partial charge is 0.382 e. The number of nitrogens with zero attached hydrogens (tertiary/aromatic N) is 2. The molecule has 0 spiro atoms. The number of carbonyl (C=O) groups is 1. The Hall–Kier alpha value is -2.08. The summed E-state index contributed by atoms with van der Waals surface area (Å²) in [6.45, 7) is 2.47. The van der Waals surface area contributed by atoms with E-state index in [2.05, 4.69) is 10.2 Å². The van der Waals surface area contributed by atoms with E-state index in [1.807, 2.05) is 6.07 Å². The second kappa shape index (κ2) is 4.30. The van der Waals surface area contributed by atoms with E-state index in [0.29, 0.717) is 37.7 Å². The van der Waals surface area contributed by atoms with Crippen molar-refractivity contribution >= 4 is 22.6 Å². The zero-order valence-electron chi connectivity index (χ0n) is 9.85. The lowest BCUT2D eigenvalue weighted by Crippen LogP contribution is -2.40. The van der Waals surface area contributed by atoms with Gasteiger partial charge in [0.2, 0.25) is 0 Å². The number of nitrogen functional groups attached to an aromatic ring is 1. The second-order valence-electron chi connectivity index (χ2n) is 4.27. The Morgan fingerprint density at radius 1 is 1.39 bits per heavy atom. The molecule has 0 radical (unpaired) electrons. The second-order valence-corrected chi connectivity index (χ2v) is 4.27. The molecular formula is C12H14N4O2. The summed E-state index contributed by atoms with van der Waals surface area (Å²) < 4.78 is 5.23. The van der Waals surface area contributed by atoms with Crippen LogP contribution in [0.15, 0.2) is 18.2 Å². The van der Waals surface area contributed by atoms with Crippen LogP contribution in [-0.4, -0.2) is 47.3 Å². The van der Waals surface area contributed by atoms with Crippen molar-refractivity contribution in [2.24, 2.45) is 0 Å². The lowest BCUT2D eigenvalue weighted by atomic mass is 10.1. The van der Waals surface area contributed by atoms with E-state index in [4.69, 9.17) is 10.5 Å².